The SMILES string of the molecule is O=C(Cc1ccc(F)cc1)N(S)C(=O)Nc1ccc(Oc2cccn3nccc23)c(F)c1. The van der Waals surface area contributed by atoms with Gasteiger partial charge in [-0.25, -0.2) is 22.4 Å². The van der Waals surface area contributed by atoms with Crippen molar-refractivity contribution in [3.8, 4) is 11.5 Å². The highest BCUT2D eigenvalue weighted by Crippen LogP contribution is 2.29. The summed E-state index contributed by atoms with van der Waals surface area (Å²) < 4.78 is 35.3. The third kappa shape index (κ3) is 4.70. The van der Waals surface area contributed by atoms with Gasteiger partial charge < -0.3 is 10.1 Å². The van der Waals surface area contributed by atoms with E-state index >= 15 is 0 Å². The average Bonchev–Trinajstić information content (AvgIpc) is 3.26. The molecule has 0 bridgehead atoms. The number of thiol groups is 1. The summed E-state index contributed by atoms with van der Waals surface area (Å²) in [5, 5.41) is 6.49. The maximum Gasteiger partial charge on any atom is 0.338 e. The Kier molecular flexibility index (Phi) is 6.04. The molecule has 0 atom stereocenters. The smallest absolute Gasteiger partial charge is 0.338 e. The van der Waals surface area contributed by atoms with Crippen LogP contribution in [0, 0.1) is 11.6 Å². The van der Waals surface area contributed by atoms with Crippen molar-refractivity contribution in [2.45, 2.75) is 6.42 Å². The Morgan fingerprint density at radius 2 is 1.84 bits per heavy atom. The van der Waals surface area contributed by atoms with E-state index < -0.39 is 23.6 Å². The summed E-state index contributed by atoms with van der Waals surface area (Å²) in [7, 11) is 0. The number of anilines is 1. The molecule has 4 aromatic rings. The number of carbonyl (C=O) groups excluding carboxylic acids is 2. The van der Waals surface area contributed by atoms with E-state index in [-0.39, 0.29) is 17.9 Å². The highest BCUT2D eigenvalue weighted by atomic mass is 32.1. The molecule has 0 saturated carbocycles. The predicted octanol–water partition coefficient (Wildman–Crippen LogP) is 4.85. The first-order valence-corrected chi connectivity index (χ1v) is 9.78. The van der Waals surface area contributed by atoms with Crippen molar-refractivity contribution >= 4 is 36.0 Å². The van der Waals surface area contributed by atoms with Crippen molar-refractivity contribution < 1.29 is 23.1 Å². The van der Waals surface area contributed by atoms with E-state index in [1.54, 1.807) is 35.1 Å². The maximum atomic E-state index is 14.6. The molecule has 0 fully saturated rings. The van der Waals surface area contributed by atoms with Gasteiger partial charge in [-0.1, -0.05) is 24.9 Å². The average molecular weight is 454 g/mol. The number of amides is 3. The normalized spacial score (nSPS) is 10.7. The number of halogens is 2. The standard InChI is InChI=1S/C22H16F2N4O3S/c23-15-5-3-14(4-6-15)12-21(29)28(32)22(30)26-16-7-8-19(17(24)13-16)31-20-2-1-11-27-18(20)9-10-25-27/h1-11,13,32H,12H2,(H,26,30). The first kappa shape index (κ1) is 21.3. The van der Waals surface area contributed by atoms with Gasteiger partial charge in [0.2, 0.25) is 5.91 Å². The van der Waals surface area contributed by atoms with Gasteiger partial charge in [-0.15, -0.1) is 0 Å². The molecule has 0 unspecified atom stereocenters. The van der Waals surface area contributed by atoms with Gasteiger partial charge in [-0.3, -0.25) is 4.79 Å². The minimum atomic E-state index is -0.863. The zero-order valence-electron chi connectivity index (χ0n) is 16.4. The minimum Gasteiger partial charge on any atom is -0.452 e. The van der Waals surface area contributed by atoms with Crippen LogP contribution in [0.3, 0.4) is 0 Å². The van der Waals surface area contributed by atoms with Crippen LogP contribution in [-0.4, -0.2) is 25.9 Å². The van der Waals surface area contributed by atoms with Gasteiger partial charge in [0.1, 0.15) is 11.3 Å². The van der Waals surface area contributed by atoms with Gasteiger partial charge in [0, 0.05) is 18.0 Å². The molecule has 162 valence electrons. The van der Waals surface area contributed by atoms with Crippen molar-refractivity contribution in [1.29, 1.82) is 0 Å². The second-order valence-electron chi connectivity index (χ2n) is 6.72. The van der Waals surface area contributed by atoms with Crippen molar-refractivity contribution in [3.63, 3.8) is 0 Å². The quantitative estimate of drug-likeness (QED) is 0.423. The summed E-state index contributed by atoms with van der Waals surface area (Å²) in [6.07, 6.45) is 3.17. The summed E-state index contributed by atoms with van der Waals surface area (Å²) in [5.41, 5.74) is 1.29. The lowest BCUT2D eigenvalue weighted by Crippen LogP contribution is -2.33. The van der Waals surface area contributed by atoms with Crippen molar-refractivity contribution in [2.24, 2.45) is 0 Å². The third-order valence-corrected chi connectivity index (χ3v) is 4.90. The van der Waals surface area contributed by atoms with E-state index in [1.165, 1.54) is 36.4 Å². The fourth-order valence-corrected chi connectivity index (χ4v) is 3.05. The van der Waals surface area contributed by atoms with E-state index in [1.807, 2.05) is 0 Å². The molecular weight excluding hydrogens is 438 g/mol. The van der Waals surface area contributed by atoms with Gasteiger partial charge in [0.15, 0.2) is 17.3 Å². The number of ether oxygens (including phenoxy) is 1. The van der Waals surface area contributed by atoms with E-state index in [2.05, 4.69) is 23.2 Å². The zero-order valence-corrected chi connectivity index (χ0v) is 17.3. The van der Waals surface area contributed by atoms with Gasteiger partial charge in [0.25, 0.3) is 0 Å². The summed E-state index contributed by atoms with van der Waals surface area (Å²) in [6.45, 7) is 0. The van der Waals surface area contributed by atoms with E-state index in [0.29, 0.717) is 21.1 Å². The fourth-order valence-electron chi connectivity index (χ4n) is 2.93. The van der Waals surface area contributed by atoms with E-state index in [9.17, 15) is 18.4 Å². The van der Waals surface area contributed by atoms with Crippen LogP contribution in [0.2, 0.25) is 0 Å². The molecule has 0 saturated heterocycles. The molecule has 0 radical (unpaired) electrons. The number of carbonyl (C=O) groups is 2. The van der Waals surface area contributed by atoms with Crippen molar-refractivity contribution in [3.05, 3.63) is 90.3 Å². The number of hydrogen-bond acceptors (Lipinski definition) is 5. The molecule has 4 rings (SSSR count). The second kappa shape index (κ2) is 9.06. The Labute approximate surface area is 186 Å². The number of imide groups is 1. The number of nitrogens with zero attached hydrogens (tertiary/aromatic N) is 3. The Hall–Kier alpha value is -3.92. The van der Waals surface area contributed by atoms with E-state index in [4.69, 9.17) is 4.74 Å². The summed E-state index contributed by atoms with van der Waals surface area (Å²) in [5.74, 6) is -1.42. The van der Waals surface area contributed by atoms with Crippen molar-refractivity contribution in [2.75, 3.05) is 5.32 Å². The largest absolute Gasteiger partial charge is 0.452 e. The molecule has 2 heterocycles. The molecular formula is C22H16F2N4O3S. The topological polar surface area (TPSA) is 75.9 Å². The number of benzene rings is 2. The van der Waals surface area contributed by atoms with Gasteiger partial charge in [-0.05, 0) is 48.0 Å². The van der Waals surface area contributed by atoms with E-state index in [0.717, 1.165) is 6.07 Å². The maximum absolute atomic E-state index is 14.6. The molecule has 7 nitrogen and oxygen atoms in total. The third-order valence-electron chi connectivity index (χ3n) is 4.50. The van der Waals surface area contributed by atoms with Crippen LogP contribution in [0.5, 0.6) is 11.5 Å². The molecule has 32 heavy (non-hydrogen) atoms. The molecule has 3 amide bonds. The highest BCUT2D eigenvalue weighted by Gasteiger charge is 2.19. The van der Waals surface area contributed by atoms with Crippen LogP contribution in [0.1, 0.15) is 5.56 Å². The Bertz CT molecular complexity index is 1290. The lowest BCUT2D eigenvalue weighted by atomic mass is 10.1. The van der Waals surface area contributed by atoms with Crippen LogP contribution < -0.4 is 10.1 Å². The zero-order chi connectivity index (χ0) is 22.7. The number of hydrogen-bond donors (Lipinski definition) is 2. The Balaban J connectivity index is 1.41. The summed E-state index contributed by atoms with van der Waals surface area (Å²) in [6, 6.07) is 13.4. The predicted molar refractivity (Wildman–Crippen MR) is 117 cm³/mol. The molecule has 1 N–H and O–H groups in total. The molecule has 2 aromatic heterocycles. The first-order chi connectivity index (χ1) is 15.4. The summed E-state index contributed by atoms with van der Waals surface area (Å²) in [4.78, 5) is 24.5. The Morgan fingerprint density at radius 1 is 1.06 bits per heavy atom. The van der Waals surface area contributed by atoms with Gasteiger partial charge in [-0.2, -0.15) is 5.10 Å². The van der Waals surface area contributed by atoms with Gasteiger partial charge >= 0.3 is 6.03 Å². The molecule has 10 heteroatoms. The molecule has 0 aliphatic rings. The molecule has 2 aromatic carbocycles. The van der Waals surface area contributed by atoms with Crippen LogP contribution in [0.15, 0.2) is 73.1 Å². The molecule has 0 spiro atoms. The van der Waals surface area contributed by atoms with Crippen LogP contribution in [0.4, 0.5) is 19.3 Å². The van der Waals surface area contributed by atoms with Crippen LogP contribution in [0.25, 0.3) is 5.52 Å². The number of aromatic nitrogens is 2. The first-order valence-electron chi connectivity index (χ1n) is 9.38. The number of urea groups is 1. The van der Waals surface area contributed by atoms with Crippen LogP contribution in [-0.2, 0) is 11.2 Å². The Morgan fingerprint density at radius 3 is 2.59 bits per heavy atom. The minimum absolute atomic E-state index is 0.0487. The number of pyridine rings is 1. The van der Waals surface area contributed by atoms with Gasteiger partial charge in [0.05, 0.1) is 12.6 Å². The summed E-state index contributed by atoms with van der Waals surface area (Å²) >= 11 is 3.91. The van der Waals surface area contributed by atoms with Crippen LogP contribution >= 0.6 is 12.8 Å². The molecule has 0 aliphatic heterocycles. The highest BCUT2D eigenvalue weighted by molar-refractivity contribution is 7.79. The molecule has 0 aliphatic carbocycles. The number of nitrogens with one attached hydrogen (secondary N) is 1. The lowest BCUT2D eigenvalue weighted by Gasteiger charge is -2.15. The number of rotatable bonds is 5. The second-order valence-corrected chi connectivity index (χ2v) is 7.12. The fraction of sp³-hybridized carbons (Fsp3) is 0.0455. The number of fused-ring (bicyclic) bond motifs is 1. The monoisotopic (exact) mass is 454 g/mol. The van der Waals surface area contributed by atoms with Crippen molar-refractivity contribution in [1.82, 2.24) is 13.9 Å². The lowest BCUT2D eigenvalue weighted by molar-refractivity contribution is -0.123.